The predicted molar refractivity (Wildman–Crippen MR) is 97.0 cm³/mol. The Morgan fingerprint density at radius 1 is 1.22 bits per heavy atom. The molecule has 23 heavy (non-hydrogen) atoms. The zero-order chi connectivity index (χ0) is 16.6. The molecule has 0 spiro atoms. The number of hydrogen-bond donors (Lipinski definition) is 1. The standard InChI is InChI=1S/C16H18ClN5S/c1-16(2,3)14-12(22-9-19-8-20-22)13(23-15(18)21-14)10-4-6-11(17)7-5-10/h4-9,15H,18H2,1-3H3. The van der Waals surface area contributed by atoms with E-state index in [1.807, 2.05) is 24.3 Å². The normalized spacial score (nSPS) is 19.0. The first-order chi connectivity index (χ1) is 10.9. The number of nitrogens with two attached hydrogens (primary N) is 1. The molecule has 0 radical (unpaired) electrons. The summed E-state index contributed by atoms with van der Waals surface area (Å²) in [6.45, 7) is 6.35. The van der Waals surface area contributed by atoms with E-state index >= 15 is 0 Å². The number of benzene rings is 1. The summed E-state index contributed by atoms with van der Waals surface area (Å²) in [6, 6.07) is 7.72. The summed E-state index contributed by atoms with van der Waals surface area (Å²) in [5.41, 5.74) is 8.53. The minimum Gasteiger partial charge on any atom is -0.301 e. The minimum absolute atomic E-state index is 0.169. The molecule has 1 aromatic carbocycles. The SMILES string of the molecule is CC(C)(C)C1=NC(N)SC(c2ccc(Cl)cc2)=C1n1cncn1. The molecule has 2 aromatic rings. The predicted octanol–water partition coefficient (Wildman–Crippen LogP) is 3.73. The average molecular weight is 348 g/mol. The first kappa shape index (κ1) is 16.2. The van der Waals surface area contributed by atoms with Gasteiger partial charge in [0.25, 0.3) is 0 Å². The lowest BCUT2D eigenvalue weighted by Crippen LogP contribution is -2.31. The number of thioether (sulfide) groups is 1. The molecule has 0 fully saturated rings. The molecule has 2 heterocycles. The van der Waals surface area contributed by atoms with Crippen molar-refractivity contribution < 1.29 is 0 Å². The molecule has 1 unspecified atom stereocenters. The van der Waals surface area contributed by atoms with Crippen LogP contribution in [0.25, 0.3) is 10.6 Å². The molecule has 0 saturated heterocycles. The Balaban J connectivity index is 2.24. The van der Waals surface area contributed by atoms with Crippen LogP contribution in [0.15, 0.2) is 41.9 Å². The van der Waals surface area contributed by atoms with E-state index in [0.29, 0.717) is 5.02 Å². The van der Waals surface area contributed by atoms with Crippen molar-refractivity contribution in [3.8, 4) is 0 Å². The first-order valence-corrected chi connectivity index (χ1v) is 8.48. The molecule has 1 aliphatic heterocycles. The molecular weight excluding hydrogens is 330 g/mol. The zero-order valence-electron chi connectivity index (χ0n) is 13.2. The molecule has 2 N–H and O–H groups in total. The van der Waals surface area contributed by atoms with Crippen molar-refractivity contribution in [1.82, 2.24) is 14.8 Å². The maximum absolute atomic E-state index is 6.17. The number of aliphatic imine (C=N–C) groups is 1. The van der Waals surface area contributed by atoms with E-state index in [9.17, 15) is 0 Å². The van der Waals surface area contributed by atoms with Gasteiger partial charge in [0.05, 0.1) is 5.71 Å². The summed E-state index contributed by atoms with van der Waals surface area (Å²) in [4.78, 5) is 9.77. The van der Waals surface area contributed by atoms with Gasteiger partial charge in [0.1, 0.15) is 23.8 Å². The van der Waals surface area contributed by atoms with E-state index < -0.39 is 0 Å². The van der Waals surface area contributed by atoms with Crippen LogP contribution in [-0.4, -0.2) is 26.0 Å². The van der Waals surface area contributed by atoms with Gasteiger partial charge in [0, 0.05) is 15.3 Å². The second-order valence-electron chi connectivity index (χ2n) is 6.26. The molecule has 7 heteroatoms. The van der Waals surface area contributed by atoms with E-state index in [-0.39, 0.29) is 10.9 Å². The topological polar surface area (TPSA) is 69.1 Å². The highest BCUT2D eigenvalue weighted by molar-refractivity contribution is 8.09. The molecule has 1 atom stereocenters. The van der Waals surface area contributed by atoms with Crippen molar-refractivity contribution in [3.05, 3.63) is 47.5 Å². The highest BCUT2D eigenvalue weighted by atomic mass is 35.5. The van der Waals surface area contributed by atoms with Gasteiger partial charge in [0.15, 0.2) is 0 Å². The number of nitrogens with zero attached hydrogens (tertiary/aromatic N) is 4. The van der Waals surface area contributed by atoms with Crippen LogP contribution in [0.5, 0.6) is 0 Å². The Morgan fingerprint density at radius 2 is 1.91 bits per heavy atom. The van der Waals surface area contributed by atoms with Crippen molar-refractivity contribution in [3.63, 3.8) is 0 Å². The lowest BCUT2D eigenvalue weighted by molar-refractivity contribution is 0.588. The molecule has 5 nitrogen and oxygen atoms in total. The summed E-state index contributed by atoms with van der Waals surface area (Å²) < 4.78 is 1.76. The lowest BCUT2D eigenvalue weighted by atomic mass is 9.87. The van der Waals surface area contributed by atoms with Crippen molar-refractivity contribution in [1.29, 1.82) is 0 Å². The summed E-state index contributed by atoms with van der Waals surface area (Å²) in [6.07, 6.45) is 3.20. The van der Waals surface area contributed by atoms with Crippen LogP contribution >= 0.6 is 23.4 Å². The van der Waals surface area contributed by atoms with Crippen LogP contribution in [-0.2, 0) is 0 Å². The molecular formula is C16H18ClN5S. The summed E-state index contributed by atoms with van der Waals surface area (Å²) >= 11 is 7.53. The largest absolute Gasteiger partial charge is 0.301 e. The second kappa shape index (κ2) is 6.11. The maximum Gasteiger partial charge on any atom is 0.149 e. The number of aromatic nitrogens is 3. The van der Waals surface area contributed by atoms with E-state index in [1.54, 1.807) is 11.0 Å². The Hall–Kier alpha value is -1.63. The van der Waals surface area contributed by atoms with Crippen LogP contribution in [0.4, 0.5) is 0 Å². The quantitative estimate of drug-likeness (QED) is 0.898. The number of allylic oxidation sites excluding steroid dienone is 1. The Bertz CT molecular complexity index is 757. The van der Waals surface area contributed by atoms with Crippen LogP contribution in [0.2, 0.25) is 5.02 Å². The van der Waals surface area contributed by atoms with Gasteiger partial charge >= 0.3 is 0 Å². The first-order valence-electron chi connectivity index (χ1n) is 7.22. The molecule has 0 saturated carbocycles. The van der Waals surface area contributed by atoms with Gasteiger partial charge in [-0.2, -0.15) is 5.10 Å². The lowest BCUT2D eigenvalue weighted by Gasteiger charge is -2.30. The minimum atomic E-state index is -0.345. The van der Waals surface area contributed by atoms with Gasteiger partial charge in [-0.05, 0) is 17.7 Å². The fraction of sp³-hybridized carbons (Fsp3) is 0.312. The van der Waals surface area contributed by atoms with Crippen molar-refractivity contribution >= 4 is 39.7 Å². The Kier molecular flexibility index (Phi) is 4.31. The zero-order valence-corrected chi connectivity index (χ0v) is 14.8. The van der Waals surface area contributed by atoms with Gasteiger partial charge in [-0.1, -0.05) is 56.3 Å². The third-order valence-electron chi connectivity index (χ3n) is 3.40. The second-order valence-corrected chi connectivity index (χ2v) is 7.82. The molecule has 0 amide bonds. The van der Waals surface area contributed by atoms with E-state index in [0.717, 1.165) is 21.9 Å². The molecule has 1 aliphatic rings. The van der Waals surface area contributed by atoms with Gasteiger partial charge in [-0.25, -0.2) is 9.67 Å². The molecule has 0 aliphatic carbocycles. The van der Waals surface area contributed by atoms with Crippen molar-refractivity contribution in [2.75, 3.05) is 0 Å². The maximum atomic E-state index is 6.17. The monoisotopic (exact) mass is 347 g/mol. The fourth-order valence-corrected chi connectivity index (χ4v) is 3.49. The molecule has 3 rings (SSSR count). The highest BCUT2D eigenvalue weighted by Gasteiger charge is 2.32. The molecule has 1 aromatic heterocycles. The highest BCUT2D eigenvalue weighted by Crippen LogP contribution is 2.42. The van der Waals surface area contributed by atoms with Crippen LogP contribution in [0.3, 0.4) is 0 Å². The molecule has 0 bridgehead atoms. The summed E-state index contributed by atoms with van der Waals surface area (Å²) in [5.74, 6) is 0. The average Bonchev–Trinajstić information content (AvgIpc) is 3.00. The van der Waals surface area contributed by atoms with E-state index in [1.165, 1.54) is 18.1 Å². The number of hydrogen-bond acceptors (Lipinski definition) is 5. The smallest absolute Gasteiger partial charge is 0.149 e. The van der Waals surface area contributed by atoms with Crippen molar-refractivity contribution in [2.24, 2.45) is 16.1 Å². The summed E-state index contributed by atoms with van der Waals surface area (Å²) in [5, 5.41) is 5.01. The Labute approximate surface area is 144 Å². The van der Waals surface area contributed by atoms with Gasteiger partial charge in [-0.15, -0.1) is 0 Å². The van der Waals surface area contributed by atoms with E-state index in [2.05, 4.69) is 35.8 Å². The summed E-state index contributed by atoms with van der Waals surface area (Å²) in [7, 11) is 0. The molecule has 120 valence electrons. The van der Waals surface area contributed by atoms with Crippen LogP contribution < -0.4 is 5.73 Å². The van der Waals surface area contributed by atoms with Gasteiger partial charge in [0.2, 0.25) is 0 Å². The Morgan fingerprint density at radius 3 is 2.48 bits per heavy atom. The number of rotatable bonds is 2. The fourth-order valence-electron chi connectivity index (χ4n) is 2.39. The number of halogens is 1. The van der Waals surface area contributed by atoms with Gasteiger partial charge in [-0.3, -0.25) is 4.99 Å². The van der Waals surface area contributed by atoms with Crippen molar-refractivity contribution in [2.45, 2.75) is 26.3 Å². The van der Waals surface area contributed by atoms with Crippen LogP contribution in [0.1, 0.15) is 26.3 Å². The van der Waals surface area contributed by atoms with Gasteiger partial charge < -0.3 is 5.73 Å². The van der Waals surface area contributed by atoms with Crippen LogP contribution in [0, 0.1) is 5.41 Å². The van der Waals surface area contributed by atoms with E-state index in [4.69, 9.17) is 17.3 Å². The third-order valence-corrected chi connectivity index (χ3v) is 4.66. The third kappa shape index (κ3) is 3.34.